The third kappa shape index (κ3) is 1.21. The van der Waals surface area contributed by atoms with Crippen molar-refractivity contribution in [2.45, 2.75) is 6.43 Å². The Morgan fingerprint density at radius 2 is 2.20 bits per heavy atom. The van der Waals surface area contributed by atoms with E-state index in [9.17, 15) is 13.6 Å². The number of hydrogen-bond acceptors (Lipinski definition) is 2. The number of hydrogen-bond donors (Lipinski definition) is 0. The van der Waals surface area contributed by atoms with Crippen LogP contribution in [0.15, 0.2) is 10.8 Å². The second-order valence-corrected chi connectivity index (χ2v) is 2.44. The zero-order chi connectivity index (χ0) is 7.56. The predicted molar refractivity (Wildman–Crippen MR) is 34.7 cm³/mol. The van der Waals surface area contributed by atoms with Crippen molar-refractivity contribution in [3.63, 3.8) is 0 Å². The SMILES string of the molecule is O=Cc1cscc1C(F)F. The highest BCUT2D eigenvalue weighted by molar-refractivity contribution is 7.08. The molecule has 1 aromatic heterocycles. The van der Waals surface area contributed by atoms with Crippen molar-refractivity contribution in [2.24, 2.45) is 0 Å². The van der Waals surface area contributed by atoms with Gasteiger partial charge >= 0.3 is 0 Å². The molecule has 1 nitrogen and oxygen atoms in total. The molecule has 0 amide bonds. The van der Waals surface area contributed by atoms with Gasteiger partial charge < -0.3 is 0 Å². The summed E-state index contributed by atoms with van der Waals surface area (Å²) < 4.78 is 23.8. The van der Waals surface area contributed by atoms with Gasteiger partial charge in [0.15, 0.2) is 6.29 Å². The fraction of sp³-hybridized carbons (Fsp3) is 0.167. The van der Waals surface area contributed by atoms with Crippen molar-refractivity contribution in [1.82, 2.24) is 0 Å². The second kappa shape index (κ2) is 2.88. The van der Waals surface area contributed by atoms with Crippen molar-refractivity contribution in [1.29, 1.82) is 0 Å². The molecule has 0 aliphatic carbocycles. The minimum Gasteiger partial charge on any atom is -0.298 e. The number of thiophene rings is 1. The molecule has 54 valence electrons. The summed E-state index contributed by atoms with van der Waals surface area (Å²) >= 11 is 1.11. The molecule has 0 aliphatic rings. The summed E-state index contributed by atoms with van der Waals surface area (Å²) in [4.78, 5) is 10.1. The molecule has 4 heteroatoms. The van der Waals surface area contributed by atoms with Crippen LogP contribution in [0.5, 0.6) is 0 Å². The first-order valence-electron chi connectivity index (χ1n) is 2.55. The molecule has 10 heavy (non-hydrogen) atoms. The lowest BCUT2D eigenvalue weighted by molar-refractivity contribution is 0.110. The summed E-state index contributed by atoms with van der Waals surface area (Å²) in [5.41, 5.74) is -0.0694. The Labute approximate surface area is 60.3 Å². The second-order valence-electron chi connectivity index (χ2n) is 1.70. The van der Waals surface area contributed by atoms with Crippen molar-refractivity contribution >= 4 is 17.6 Å². The summed E-state index contributed by atoms with van der Waals surface area (Å²) in [5.74, 6) is 0. The first-order chi connectivity index (χ1) is 4.75. The maximum atomic E-state index is 11.9. The molecular weight excluding hydrogens is 158 g/mol. The maximum absolute atomic E-state index is 11.9. The van der Waals surface area contributed by atoms with E-state index in [1.54, 1.807) is 0 Å². The average molecular weight is 162 g/mol. The normalized spacial score (nSPS) is 10.3. The van der Waals surface area contributed by atoms with Crippen LogP contribution >= 0.6 is 11.3 Å². The molecule has 1 rings (SSSR count). The first kappa shape index (κ1) is 7.34. The number of alkyl halides is 2. The first-order valence-corrected chi connectivity index (χ1v) is 3.49. The average Bonchev–Trinajstić information content (AvgIpc) is 2.33. The van der Waals surface area contributed by atoms with Crippen LogP contribution in [-0.4, -0.2) is 6.29 Å². The van der Waals surface area contributed by atoms with Crippen molar-refractivity contribution < 1.29 is 13.6 Å². The van der Waals surface area contributed by atoms with Gasteiger partial charge in [-0.1, -0.05) is 0 Å². The smallest absolute Gasteiger partial charge is 0.265 e. The summed E-state index contributed by atoms with van der Waals surface area (Å²) in [6, 6.07) is 0. The molecule has 1 aromatic rings. The molecule has 0 aliphatic heterocycles. The molecule has 0 atom stereocenters. The van der Waals surface area contributed by atoms with Crippen molar-refractivity contribution in [3.05, 3.63) is 21.9 Å². The van der Waals surface area contributed by atoms with E-state index in [4.69, 9.17) is 0 Å². The van der Waals surface area contributed by atoms with Gasteiger partial charge in [-0.3, -0.25) is 4.79 Å². The molecule has 1 heterocycles. The Bertz CT molecular complexity index is 231. The van der Waals surface area contributed by atoms with E-state index >= 15 is 0 Å². The lowest BCUT2D eigenvalue weighted by Crippen LogP contribution is -1.85. The summed E-state index contributed by atoms with van der Waals surface area (Å²) in [6.07, 6.45) is -2.09. The summed E-state index contributed by atoms with van der Waals surface area (Å²) in [5, 5.41) is 2.70. The number of aldehydes is 1. The van der Waals surface area contributed by atoms with E-state index in [0.29, 0.717) is 6.29 Å². The van der Waals surface area contributed by atoms with Gasteiger partial charge in [-0.2, -0.15) is 11.3 Å². The summed E-state index contributed by atoms with van der Waals surface area (Å²) in [6.45, 7) is 0. The highest BCUT2D eigenvalue weighted by Crippen LogP contribution is 2.24. The van der Waals surface area contributed by atoms with Gasteiger partial charge in [0.25, 0.3) is 6.43 Å². The number of rotatable bonds is 2. The van der Waals surface area contributed by atoms with Gasteiger partial charge in [-0.25, -0.2) is 8.78 Å². The molecule has 0 radical (unpaired) electrons. The van der Waals surface area contributed by atoms with E-state index < -0.39 is 6.43 Å². The quantitative estimate of drug-likeness (QED) is 0.610. The topological polar surface area (TPSA) is 17.1 Å². The van der Waals surface area contributed by atoms with Crippen LogP contribution in [0.2, 0.25) is 0 Å². The van der Waals surface area contributed by atoms with Gasteiger partial charge in [0.1, 0.15) is 0 Å². The Hall–Kier alpha value is -0.770. The van der Waals surface area contributed by atoms with Crippen LogP contribution in [-0.2, 0) is 0 Å². The highest BCUT2D eigenvalue weighted by Gasteiger charge is 2.12. The molecule has 0 saturated carbocycles. The van der Waals surface area contributed by atoms with Gasteiger partial charge in [-0.15, -0.1) is 0 Å². The zero-order valence-corrected chi connectivity index (χ0v) is 5.70. The molecule has 0 saturated heterocycles. The molecule has 0 bridgehead atoms. The lowest BCUT2D eigenvalue weighted by atomic mass is 10.2. The Morgan fingerprint density at radius 3 is 2.60 bits per heavy atom. The monoisotopic (exact) mass is 162 g/mol. The van der Waals surface area contributed by atoms with E-state index in [-0.39, 0.29) is 11.1 Å². The van der Waals surface area contributed by atoms with Crippen molar-refractivity contribution in [2.75, 3.05) is 0 Å². The molecule has 0 N–H and O–H groups in total. The van der Waals surface area contributed by atoms with Crippen LogP contribution in [0.3, 0.4) is 0 Å². The van der Waals surface area contributed by atoms with Crippen molar-refractivity contribution in [3.8, 4) is 0 Å². The molecular formula is C6H4F2OS. The standard InChI is InChI=1S/C6H4F2OS/c7-6(8)5-3-10-2-4(5)1-9/h1-3,6H. The van der Waals surface area contributed by atoms with E-state index in [1.165, 1.54) is 10.8 Å². The van der Waals surface area contributed by atoms with Crippen LogP contribution in [0, 0.1) is 0 Å². The maximum Gasteiger partial charge on any atom is 0.265 e. The van der Waals surface area contributed by atoms with Crippen LogP contribution in [0.1, 0.15) is 22.3 Å². The fourth-order valence-corrected chi connectivity index (χ4v) is 1.38. The third-order valence-corrected chi connectivity index (χ3v) is 1.87. The Kier molecular flexibility index (Phi) is 2.11. The van der Waals surface area contributed by atoms with Crippen LogP contribution in [0.4, 0.5) is 8.78 Å². The van der Waals surface area contributed by atoms with Gasteiger partial charge in [0.05, 0.1) is 0 Å². The predicted octanol–water partition coefficient (Wildman–Crippen LogP) is 2.50. The van der Waals surface area contributed by atoms with Crippen LogP contribution < -0.4 is 0 Å². The lowest BCUT2D eigenvalue weighted by Gasteiger charge is -1.92. The largest absolute Gasteiger partial charge is 0.298 e. The zero-order valence-electron chi connectivity index (χ0n) is 4.88. The minimum absolute atomic E-state index is 0.0972. The van der Waals surface area contributed by atoms with Crippen LogP contribution in [0.25, 0.3) is 0 Å². The molecule has 0 aromatic carbocycles. The van der Waals surface area contributed by atoms with E-state index in [1.807, 2.05) is 0 Å². The molecule has 0 unspecified atom stereocenters. The number of carbonyl (C=O) groups is 1. The van der Waals surface area contributed by atoms with E-state index in [2.05, 4.69) is 0 Å². The Balaban J connectivity index is 3.01. The summed E-state index contributed by atoms with van der Waals surface area (Å²) in [7, 11) is 0. The van der Waals surface area contributed by atoms with Gasteiger partial charge in [-0.05, 0) is 0 Å². The minimum atomic E-state index is -2.54. The Morgan fingerprint density at radius 1 is 1.50 bits per heavy atom. The third-order valence-electron chi connectivity index (χ3n) is 1.09. The molecule has 0 fully saturated rings. The highest BCUT2D eigenvalue weighted by atomic mass is 32.1. The number of halogens is 2. The fourth-order valence-electron chi connectivity index (χ4n) is 0.590. The van der Waals surface area contributed by atoms with Gasteiger partial charge in [0.2, 0.25) is 0 Å². The molecule has 0 spiro atoms. The van der Waals surface area contributed by atoms with E-state index in [0.717, 1.165) is 11.3 Å². The van der Waals surface area contributed by atoms with Gasteiger partial charge in [0, 0.05) is 21.9 Å². The number of carbonyl (C=O) groups excluding carboxylic acids is 1.